The quantitative estimate of drug-likeness (QED) is 0.573. The van der Waals surface area contributed by atoms with Gasteiger partial charge in [0.2, 0.25) is 10.0 Å². The molecule has 0 aliphatic rings. The molecule has 0 saturated heterocycles. The van der Waals surface area contributed by atoms with Crippen molar-refractivity contribution in [2.24, 2.45) is 0 Å². The molecule has 5 nitrogen and oxygen atoms in total. The Hall–Kier alpha value is -2.57. The molecule has 3 aromatic rings. The Morgan fingerprint density at radius 3 is 2.34 bits per heavy atom. The summed E-state index contributed by atoms with van der Waals surface area (Å²) in [5.74, 6) is 1.24. The minimum atomic E-state index is -3.39. The number of hydrogen-bond donors (Lipinski definition) is 1. The lowest BCUT2D eigenvalue weighted by molar-refractivity contribution is 0.354. The highest BCUT2D eigenvalue weighted by Gasteiger charge is 2.17. The van der Waals surface area contributed by atoms with Gasteiger partial charge in [-0.1, -0.05) is 55.5 Å². The minimum absolute atomic E-state index is 0.0529. The lowest BCUT2D eigenvalue weighted by Gasteiger charge is -2.14. The molecule has 29 heavy (non-hydrogen) atoms. The molecule has 0 heterocycles. The highest BCUT2D eigenvalue weighted by Crippen LogP contribution is 2.27. The zero-order valence-electron chi connectivity index (χ0n) is 17.0. The molecule has 1 unspecified atom stereocenters. The van der Waals surface area contributed by atoms with Gasteiger partial charge in [0.25, 0.3) is 0 Å². The first-order chi connectivity index (χ1) is 13.9. The van der Waals surface area contributed by atoms with Crippen molar-refractivity contribution in [3.8, 4) is 11.5 Å². The van der Waals surface area contributed by atoms with Crippen molar-refractivity contribution < 1.29 is 17.9 Å². The lowest BCUT2D eigenvalue weighted by Crippen LogP contribution is -2.30. The molecule has 0 amide bonds. The largest absolute Gasteiger partial charge is 0.493 e. The smallest absolute Gasteiger partial charge is 0.212 e. The Labute approximate surface area is 172 Å². The molecule has 154 valence electrons. The number of benzene rings is 3. The van der Waals surface area contributed by atoms with E-state index >= 15 is 0 Å². The van der Waals surface area contributed by atoms with Gasteiger partial charge in [0.05, 0.1) is 20.0 Å². The summed E-state index contributed by atoms with van der Waals surface area (Å²) in [6, 6.07) is 19.8. The Bertz CT molecular complexity index is 1080. The van der Waals surface area contributed by atoms with E-state index in [1.54, 1.807) is 14.2 Å². The first-order valence-corrected chi connectivity index (χ1v) is 11.2. The van der Waals surface area contributed by atoms with E-state index in [0.29, 0.717) is 24.5 Å². The maximum atomic E-state index is 12.5. The van der Waals surface area contributed by atoms with Gasteiger partial charge in [0.1, 0.15) is 0 Å². The summed E-state index contributed by atoms with van der Waals surface area (Å²) < 4.78 is 38.3. The van der Waals surface area contributed by atoms with E-state index in [-0.39, 0.29) is 11.7 Å². The molecule has 0 fully saturated rings. The van der Waals surface area contributed by atoms with Crippen LogP contribution in [0, 0.1) is 0 Å². The van der Waals surface area contributed by atoms with E-state index in [2.05, 4.69) is 16.9 Å². The van der Waals surface area contributed by atoms with Crippen LogP contribution >= 0.6 is 0 Å². The zero-order chi connectivity index (χ0) is 20.9. The van der Waals surface area contributed by atoms with Crippen molar-refractivity contribution in [3.63, 3.8) is 0 Å². The van der Waals surface area contributed by atoms with Gasteiger partial charge in [-0.3, -0.25) is 0 Å². The summed E-state index contributed by atoms with van der Waals surface area (Å²) >= 11 is 0. The summed E-state index contributed by atoms with van der Waals surface area (Å²) in [5, 5.41) is 2.27. The van der Waals surface area contributed by atoms with Gasteiger partial charge in [0, 0.05) is 6.54 Å². The molecule has 0 aliphatic heterocycles. The average Bonchev–Trinajstić information content (AvgIpc) is 2.72. The molecule has 6 heteroatoms. The molecule has 0 spiro atoms. The van der Waals surface area contributed by atoms with Gasteiger partial charge in [-0.2, -0.15) is 0 Å². The maximum Gasteiger partial charge on any atom is 0.212 e. The standard InChI is InChI=1S/C23H27NO4S/c1-17(20-10-9-19-6-4-5-7-21(19)15-20)16-29(25,26)24-13-12-18-8-11-22(27-2)23(14-18)28-3/h4-11,14-15,17,24H,12-13,16H2,1-3H3. The highest BCUT2D eigenvalue weighted by atomic mass is 32.2. The van der Waals surface area contributed by atoms with Crippen LogP contribution in [0.25, 0.3) is 10.8 Å². The summed E-state index contributed by atoms with van der Waals surface area (Å²) in [4.78, 5) is 0. The third-order valence-electron chi connectivity index (χ3n) is 5.00. The Morgan fingerprint density at radius 2 is 1.62 bits per heavy atom. The number of ether oxygens (including phenoxy) is 2. The van der Waals surface area contributed by atoms with Crippen LogP contribution in [0.5, 0.6) is 11.5 Å². The van der Waals surface area contributed by atoms with Crippen LogP contribution in [0.4, 0.5) is 0 Å². The van der Waals surface area contributed by atoms with Crippen molar-refractivity contribution in [3.05, 3.63) is 71.8 Å². The fraction of sp³-hybridized carbons (Fsp3) is 0.304. The van der Waals surface area contributed by atoms with Crippen molar-refractivity contribution in [1.29, 1.82) is 0 Å². The second kappa shape index (κ2) is 9.29. The molecular formula is C23H27NO4S. The number of hydrogen-bond acceptors (Lipinski definition) is 4. The first-order valence-electron chi connectivity index (χ1n) is 9.59. The fourth-order valence-corrected chi connectivity index (χ4v) is 4.77. The van der Waals surface area contributed by atoms with Crippen LogP contribution in [0.2, 0.25) is 0 Å². The second-order valence-electron chi connectivity index (χ2n) is 7.12. The molecule has 1 atom stereocenters. The van der Waals surface area contributed by atoms with E-state index in [4.69, 9.17) is 9.47 Å². The predicted octanol–water partition coefficient (Wildman–Crippen LogP) is 4.12. The molecular weight excluding hydrogens is 386 g/mol. The van der Waals surface area contributed by atoms with Gasteiger partial charge in [0.15, 0.2) is 11.5 Å². The molecule has 0 aliphatic carbocycles. The van der Waals surface area contributed by atoms with E-state index in [9.17, 15) is 8.42 Å². The van der Waals surface area contributed by atoms with Gasteiger partial charge < -0.3 is 9.47 Å². The monoisotopic (exact) mass is 413 g/mol. The molecule has 0 aromatic heterocycles. The van der Waals surface area contributed by atoms with Crippen molar-refractivity contribution in [2.75, 3.05) is 26.5 Å². The Morgan fingerprint density at radius 1 is 0.897 bits per heavy atom. The van der Waals surface area contributed by atoms with Crippen LogP contribution in [0.15, 0.2) is 60.7 Å². The third kappa shape index (κ3) is 5.49. The lowest BCUT2D eigenvalue weighted by atomic mass is 9.99. The van der Waals surface area contributed by atoms with Crippen LogP contribution < -0.4 is 14.2 Å². The summed E-state index contributed by atoms with van der Waals surface area (Å²) in [5.41, 5.74) is 2.00. The first kappa shape index (κ1) is 21.1. The average molecular weight is 414 g/mol. The number of rotatable bonds is 9. The SMILES string of the molecule is COc1ccc(CCNS(=O)(=O)CC(C)c2ccc3ccccc3c2)cc1OC. The highest BCUT2D eigenvalue weighted by molar-refractivity contribution is 7.89. The van der Waals surface area contributed by atoms with Gasteiger partial charge in [-0.15, -0.1) is 0 Å². The van der Waals surface area contributed by atoms with E-state index in [0.717, 1.165) is 21.9 Å². The van der Waals surface area contributed by atoms with Crippen LogP contribution in [-0.2, 0) is 16.4 Å². The molecule has 0 bridgehead atoms. The van der Waals surface area contributed by atoms with Crippen LogP contribution in [0.1, 0.15) is 24.0 Å². The second-order valence-corrected chi connectivity index (χ2v) is 8.97. The van der Waals surface area contributed by atoms with Crippen LogP contribution in [-0.4, -0.2) is 34.9 Å². The predicted molar refractivity (Wildman–Crippen MR) is 117 cm³/mol. The van der Waals surface area contributed by atoms with E-state index < -0.39 is 10.0 Å². The van der Waals surface area contributed by atoms with E-state index in [1.165, 1.54) is 0 Å². The summed E-state index contributed by atoms with van der Waals surface area (Å²) in [7, 11) is -0.219. The fourth-order valence-electron chi connectivity index (χ4n) is 3.39. The molecule has 0 saturated carbocycles. The van der Waals surface area contributed by atoms with Gasteiger partial charge in [-0.25, -0.2) is 13.1 Å². The van der Waals surface area contributed by atoms with Gasteiger partial charge >= 0.3 is 0 Å². The molecule has 3 aromatic carbocycles. The van der Waals surface area contributed by atoms with Crippen molar-refractivity contribution >= 4 is 20.8 Å². The van der Waals surface area contributed by atoms with Crippen molar-refractivity contribution in [2.45, 2.75) is 19.3 Å². The molecule has 0 radical (unpaired) electrons. The van der Waals surface area contributed by atoms with Crippen molar-refractivity contribution in [1.82, 2.24) is 4.72 Å². The number of nitrogens with one attached hydrogen (secondary N) is 1. The maximum absolute atomic E-state index is 12.5. The minimum Gasteiger partial charge on any atom is -0.493 e. The Balaban J connectivity index is 1.59. The zero-order valence-corrected chi connectivity index (χ0v) is 17.8. The summed E-state index contributed by atoms with van der Waals surface area (Å²) in [6.45, 7) is 2.28. The molecule has 3 rings (SSSR count). The number of methoxy groups -OCH3 is 2. The number of fused-ring (bicyclic) bond motifs is 1. The molecule has 1 N–H and O–H groups in total. The third-order valence-corrected chi connectivity index (χ3v) is 6.58. The van der Waals surface area contributed by atoms with Crippen LogP contribution in [0.3, 0.4) is 0 Å². The van der Waals surface area contributed by atoms with E-state index in [1.807, 2.05) is 55.5 Å². The normalized spacial score (nSPS) is 12.7. The topological polar surface area (TPSA) is 64.6 Å². The number of sulfonamides is 1. The summed E-state index contributed by atoms with van der Waals surface area (Å²) in [6.07, 6.45) is 0.573. The van der Waals surface area contributed by atoms with Gasteiger partial charge in [-0.05, 0) is 46.4 Å². The Kier molecular flexibility index (Phi) is 6.77.